The van der Waals surface area contributed by atoms with E-state index < -0.39 is 6.04 Å². The van der Waals surface area contributed by atoms with Crippen molar-refractivity contribution in [1.29, 1.82) is 0 Å². The van der Waals surface area contributed by atoms with Gasteiger partial charge in [-0.1, -0.05) is 0 Å². The summed E-state index contributed by atoms with van der Waals surface area (Å²) in [6.07, 6.45) is 1.75. The van der Waals surface area contributed by atoms with Gasteiger partial charge < -0.3 is 20.5 Å². The number of hydrogen-bond acceptors (Lipinski definition) is 4. The van der Waals surface area contributed by atoms with Crippen LogP contribution in [0.2, 0.25) is 0 Å². The molecule has 8 heteroatoms. The van der Waals surface area contributed by atoms with Crippen LogP contribution >= 0.6 is 24.8 Å². The Morgan fingerprint density at radius 2 is 2.11 bits per heavy atom. The Morgan fingerprint density at radius 1 is 1.56 bits per heavy atom. The molecule has 0 aliphatic heterocycles. The zero-order valence-electron chi connectivity index (χ0n) is 11.0. The van der Waals surface area contributed by atoms with Gasteiger partial charge in [0.1, 0.15) is 0 Å². The van der Waals surface area contributed by atoms with Crippen LogP contribution in [-0.2, 0) is 18.4 Å². The minimum Gasteiger partial charge on any atom is -0.349 e. The van der Waals surface area contributed by atoms with Crippen LogP contribution in [0.5, 0.6) is 0 Å². The third-order valence-corrected chi connectivity index (χ3v) is 2.32. The molecule has 1 aromatic heterocycles. The number of rotatable bonds is 4. The normalized spacial score (nSPS) is 10.9. The maximum Gasteiger partial charge on any atom is 0.236 e. The molecule has 0 unspecified atom stereocenters. The number of amides is 1. The maximum atomic E-state index is 11.3. The predicted octanol–water partition coefficient (Wildman–Crippen LogP) is 0.293. The molecule has 0 aliphatic carbocycles. The number of halogens is 2. The van der Waals surface area contributed by atoms with E-state index >= 15 is 0 Å². The van der Waals surface area contributed by atoms with Crippen molar-refractivity contribution >= 4 is 36.7 Å². The summed E-state index contributed by atoms with van der Waals surface area (Å²) < 4.78 is 1.93. The van der Waals surface area contributed by atoms with E-state index in [2.05, 4.69) is 10.3 Å². The fraction of sp³-hybridized carbons (Fsp3) is 0.600. The number of nitrogens with two attached hydrogens (primary N) is 1. The second-order valence-electron chi connectivity index (χ2n) is 4.01. The molecule has 1 amide bonds. The second-order valence-corrected chi connectivity index (χ2v) is 4.01. The van der Waals surface area contributed by atoms with Gasteiger partial charge in [-0.05, 0) is 6.92 Å². The summed E-state index contributed by atoms with van der Waals surface area (Å²) in [5.41, 5.74) is 6.39. The fourth-order valence-electron chi connectivity index (χ4n) is 1.35. The SMILES string of the molecule is C[C@@H](N)C(=O)NCc1cnc(N(C)C)n1C.Cl.Cl. The molecule has 3 N–H and O–H groups in total. The Kier molecular flexibility index (Phi) is 8.80. The molecule has 106 valence electrons. The average molecular weight is 298 g/mol. The highest BCUT2D eigenvalue weighted by atomic mass is 35.5. The number of nitrogens with zero attached hydrogens (tertiary/aromatic N) is 3. The van der Waals surface area contributed by atoms with Gasteiger partial charge in [0.25, 0.3) is 0 Å². The van der Waals surface area contributed by atoms with Gasteiger partial charge in [0.2, 0.25) is 11.9 Å². The van der Waals surface area contributed by atoms with E-state index in [-0.39, 0.29) is 30.7 Å². The van der Waals surface area contributed by atoms with Crippen LogP contribution in [0, 0.1) is 0 Å². The van der Waals surface area contributed by atoms with Crippen LogP contribution < -0.4 is 16.0 Å². The van der Waals surface area contributed by atoms with E-state index in [9.17, 15) is 4.79 Å². The smallest absolute Gasteiger partial charge is 0.236 e. The number of anilines is 1. The third kappa shape index (κ3) is 4.72. The van der Waals surface area contributed by atoms with Crippen LogP contribution in [0.15, 0.2) is 6.20 Å². The average Bonchev–Trinajstić information content (AvgIpc) is 2.56. The van der Waals surface area contributed by atoms with Crippen molar-refractivity contribution in [2.75, 3.05) is 19.0 Å². The van der Waals surface area contributed by atoms with Crippen molar-refractivity contribution in [3.05, 3.63) is 11.9 Å². The Morgan fingerprint density at radius 3 is 2.50 bits per heavy atom. The van der Waals surface area contributed by atoms with Crippen LogP contribution in [-0.4, -0.2) is 35.6 Å². The van der Waals surface area contributed by atoms with Gasteiger partial charge >= 0.3 is 0 Å². The summed E-state index contributed by atoms with van der Waals surface area (Å²) in [5.74, 6) is 0.692. The minimum absolute atomic E-state index is 0. The monoisotopic (exact) mass is 297 g/mol. The van der Waals surface area contributed by atoms with Crippen LogP contribution in [0.4, 0.5) is 5.95 Å². The lowest BCUT2D eigenvalue weighted by Gasteiger charge is -2.13. The van der Waals surface area contributed by atoms with E-state index in [1.165, 1.54) is 0 Å². The molecule has 0 aliphatic rings. The summed E-state index contributed by atoms with van der Waals surface area (Å²) in [5, 5.41) is 2.75. The first-order valence-electron chi connectivity index (χ1n) is 5.14. The molecular weight excluding hydrogens is 277 g/mol. The lowest BCUT2D eigenvalue weighted by atomic mass is 10.3. The first kappa shape index (κ1) is 19.4. The van der Waals surface area contributed by atoms with Crippen molar-refractivity contribution in [2.24, 2.45) is 12.8 Å². The molecular formula is C10H21Cl2N5O. The first-order valence-corrected chi connectivity index (χ1v) is 5.14. The van der Waals surface area contributed by atoms with Crippen molar-refractivity contribution < 1.29 is 4.79 Å². The maximum absolute atomic E-state index is 11.3. The summed E-state index contributed by atoms with van der Waals surface area (Å²) in [4.78, 5) is 17.4. The van der Waals surface area contributed by atoms with E-state index in [1.807, 2.05) is 30.6 Å². The number of hydrogen-bond donors (Lipinski definition) is 2. The predicted molar refractivity (Wildman–Crippen MR) is 77.5 cm³/mol. The number of nitrogens with one attached hydrogen (secondary N) is 1. The Bertz CT molecular complexity index is 378. The Balaban J connectivity index is 0. The molecule has 0 aromatic carbocycles. The molecule has 1 atom stereocenters. The molecule has 0 saturated heterocycles. The zero-order chi connectivity index (χ0) is 12.3. The quantitative estimate of drug-likeness (QED) is 0.838. The molecule has 0 spiro atoms. The largest absolute Gasteiger partial charge is 0.349 e. The van der Waals surface area contributed by atoms with Gasteiger partial charge in [0.05, 0.1) is 24.5 Å². The molecule has 1 aromatic rings. The number of aromatic nitrogens is 2. The summed E-state index contributed by atoms with van der Waals surface area (Å²) in [7, 11) is 5.76. The fourth-order valence-corrected chi connectivity index (χ4v) is 1.35. The number of carbonyl (C=O) groups is 1. The Hall–Kier alpha value is -0.980. The number of imidazole rings is 1. The van der Waals surface area contributed by atoms with Crippen molar-refractivity contribution in [1.82, 2.24) is 14.9 Å². The summed E-state index contributed by atoms with van der Waals surface area (Å²) in [6, 6.07) is -0.485. The molecule has 0 fully saturated rings. The molecule has 0 bridgehead atoms. The molecule has 1 heterocycles. The van der Waals surface area contributed by atoms with E-state index in [0.29, 0.717) is 6.54 Å². The second kappa shape index (κ2) is 8.18. The standard InChI is InChI=1S/C10H19N5O.2ClH/c1-7(11)9(16)12-5-8-6-13-10(14(2)3)15(8)4;;/h6-7H,5,11H2,1-4H3,(H,12,16);2*1H/t7-;;/m1../s1. The van der Waals surface area contributed by atoms with Crippen molar-refractivity contribution in [2.45, 2.75) is 19.5 Å². The molecule has 0 radical (unpaired) electrons. The van der Waals surface area contributed by atoms with Crippen LogP contribution in [0.3, 0.4) is 0 Å². The summed E-state index contributed by atoms with van der Waals surface area (Å²) >= 11 is 0. The third-order valence-electron chi connectivity index (χ3n) is 2.32. The molecule has 6 nitrogen and oxygen atoms in total. The van der Waals surface area contributed by atoms with Gasteiger partial charge in [-0.2, -0.15) is 0 Å². The minimum atomic E-state index is -0.485. The highest BCUT2D eigenvalue weighted by Crippen LogP contribution is 2.10. The van der Waals surface area contributed by atoms with Crippen LogP contribution in [0.25, 0.3) is 0 Å². The van der Waals surface area contributed by atoms with Gasteiger partial charge in [0.15, 0.2) is 0 Å². The highest BCUT2D eigenvalue weighted by Gasteiger charge is 2.10. The summed E-state index contributed by atoms with van der Waals surface area (Å²) in [6.45, 7) is 2.10. The lowest BCUT2D eigenvalue weighted by Crippen LogP contribution is -2.38. The van der Waals surface area contributed by atoms with E-state index in [4.69, 9.17) is 5.73 Å². The number of carbonyl (C=O) groups excluding carboxylic acids is 1. The van der Waals surface area contributed by atoms with Crippen LogP contribution in [0.1, 0.15) is 12.6 Å². The molecule has 0 saturated carbocycles. The first-order chi connectivity index (χ1) is 7.43. The van der Waals surface area contributed by atoms with Gasteiger partial charge in [0, 0.05) is 21.1 Å². The van der Waals surface area contributed by atoms with E-state index in [1.54, 1.807) is 13.1 Å². The molecule has 1 rings (SSSR count). The van der Waals surface area contributed by atoms with Crippen molar-refractivity contribution in [3.63, 3.8) is 0 Å². The lowest BCUT2D eigenvalue weighted by molar-refractivity contribution is -0.122. The topological polar surface area (TPSA) is 76.2 Å². The van der Waals surface area contributed by atoms with E-state index in [0.717, 1.165) is 11.6 Å². The Labute approximate surface area is 120 Å². The van der Waals surface area contributed by atoms with Crippen molar-refractivity contribution in [3.8, 4) is 0 Å². The zero-order valence-corrected chi connectivity index (χ0v) is 12.6. The van der Waals surface area contributed by atoms with Gasteiger partial charge in [-0.25, -0.2) is 4.98 Å². The highest BCUT2D eigenvalue weighted by molar-refractivity contribution is 5.85. The van der Waals surface area contributed by atoms with Gasteiger partial charge in [-0.15, -0.1) is 24.8 Å². The molecule has 18 heavy (non-hydrogen) atoms. The van der Waals surface area contributed by atoms with Gasteiger partial charge in [-0.3, -0.25) is 4.79 Å².